The maximum Gasteiger partial charge on any atom is 0.0366 e. The Morgan fingerprint density at radius 3 is 1.44 bits per heavy atom. The van der Waals surface area contributed by atoms with E-state index in [9.17, 15) is 0 Å². The topological polar surface area (TPSA) is 18.5 Å². The van der Waals surface area contributed by atoms with Crippen molar-refractivity contribution < 1.29 is 0 Å². The number of hydrogen-bond acceptors (Lipinski definition) is 3. The zero-order valence-corrected chi connectivity index (χ0v) is 21.2. The van der Waals surface area contributed by atoms with E-state index in [1.54, 1.807) is 0 Å². The van der Waals surface area contributed by atoms with Crippen LogP contribution >= 0.6 is 0 Å². The van der Waals surface area contributed by atoms with Crippen molar-refractivity contribution in [3.63, 3.8) is 0 Å². The molecule has 0 aliphatic carbocycles. The monoisotopic (exact) mass is 431 g/mol. The molecule has 3 nitrogen and oxygen atoms in total. The summed E-state index contributed by atoms with van der Waals surface area (Å²) in [6, 6.07) is 27.3. The van der Waals surface area contributed by atoms with E-state index >= 15 is 0 Å². The minimum Gasteiger partial charge on any atom is -0.385 e. The SMILES string of the molecule is CC.CCNc1ccc(C(c2ccc(N(C)C)cc2)c2ccc(N(C)C(C)C)cc2)cc1. The van der Waals surface area contributed by atoms with Crippen molar-refractivity contribution in [2.45, 2.75) is 46.6 Å². The summed E-state index contributed by atoms with van der Waals surface area (Å²) >= 11 is 0. The van der Waals surface area contributed by atoms with Gasteiger partial charge in [-0.15, -0.1) is 0 Å². The Labute approximate surface area is 196 Å². The van der Waals surface area contributed by atoms with Gasteiger partial charge in [-0.1, -0.05) is 50.2 Å². The summed E-state index contributed by atoms with van der Waals surface area (Å²) in [5, 5.41) is 3.39. The number of anilines is 3. The Morgan fingerprint density at radius 1 is 0.656 bits per heavy atom. The van der Waals surface area contributed by atoms with Crippen LogP contribution in [0.25, 0.3) is 0 Å². The van der Waals surface area contributed by atoms with Gasteiger partial charge >= 0.3 is 0 Å². The largest absolute Gasteiger partial charge is 0.385 e. The standard InChI is InChI=1S/C27H35N3.C2H6/c1-7-28-24-14-8-21(9-15-24)27(22-10-16-25(17-11-22)29(4)5)23-12-18-26(19-13-23)30(6)20(2)3;1-2/h8-20,27-28H,7H2,1-6H3;1-2H3. The van der Waals surface area contributed by atoms with Gasteiger partial charge in [-0.25, -0.2) is 0 Å². The lowest BCUT2D eigenvalue weighted by molar-refractivity contribution is 0.754. The van der Waals surface area contributed by atoms with Crippen molar-refractivity contribution in [3.8, 4) is 0 Å². The summed E-state index contributed by atoms with van der Waals surface area (Å²) in [4.78, 5) is 4.44. The predicted octanol–water partition coefficient (Wildman–Crippen LogP) is 7.24. The molecule has 32 heavy (non-hydrogen) atoms. The first-order valence-corrected chi connectivity index (χ1v) is 11.8. The summed E-state index contributed by atoms with van der Waals surface area (Å²) in [5.74, 6) is 0.204. The van der Waals surface area contributed by atoms with Gasteiger partial charge in [0.2, 0.25) is 0 Å². The van der Waals surface area contributed by atoms with Crippen LogP contribution in [0.15, 0.2) is 72.8 Å². The van der Waals surface area contributed by atoms with E-state index in [1.807, 2.05) is 13.8 Å². The van der Waals surface area contributed by atoms with Gasteiger partial charge in [0, 0.05) is 56.7 Å². The fourth-order valence-corrected chi connectivity index (χ4v) is 3.74. The van der Waals surface area contributed by atoms with Gasteiger partial charge in [-0.05, 0) is 73.9 Å². The molecule has 3 heteroatoms. The van der Waals surface area contributed by atoms with Gasteiger partial charge in [0.25, 0.3) is 0 Å². The summed E-state index contributed by atoms with van der Waals surface area (Å²) in [7, 11) is 6.31. The van der Waals surface area contributed by atoms with E-state index < -0.39 is 0 Å². The third-order valence-corrected chi connectivity index (χ3v) is 5.78. The summed E-state index contributed by atoms with van der Waals surface area (Å²) in [6.07, 6.45) is 0. The molecule has 3 rings (SSSR count). The Bertz CT molecular complexity index is 910. The fourth-order valence-electron chi connectivity index (χ4n) is 3.74. The molecule has 3 aromatic rings. The lowest BCUT2D eigenvalue weighted by Crippen LogP contribution is -2.25. The first kappa shape index (κ1) is 25.3. The highest BCUT2D eigenvalue weighted by molar-refractivity contribution is 5.55. The van der Waals surface area contributed by atoms with E-state index in [-0.39, 0.29) is 5.92 Å². The van der Waals surface area contributed by atoms with E-state index in [4.69, 9.17) is 0 Å². The van der Waals surface area contributed by atoms with Crippen LogP contribution in [0.1, 0.15) is 57.2 Å². The van der Waals surface area contributed by atoms with Crippen LogP contribution in [0.4, 0.5) is 17.1 Å². The number of nitrogens with one attached hydrogen (secondary N) is 1. The van der Waals surface area contributed by atoms with E-state index in [0.29, 0.717) is 6.04 Å². The smallest absolute Gasteiger partial charge is 0.0366 e. The molecule has 0 aliphatic rings. The molecule has 0 bridgehead atoms. The van der Waals surface area contributed by atoms with Gasteiger partial charge in [0.05, 0.1) is 0 Å². The number of rotatable bonds is 8. The molecule has 1 N–H and O–H groups in total. The van der Waals surface area contributed by atoms with Gasteiger partial charge in [-0.3, -0.25) is 0 Å². The zero-order valence-electron chi connectivity index (χ0n) is 21.2. The van der Waals surface area contributed by atoms with Crippen LogP contribution in [0, 0.1) is 0 Å². The molecular weight excluding hydrogens is 390 g/mol. The first-order valence-electron chi connectivity index (χ1n) is 11.8. The molecule has 0 aliphatic heterocycles. The molecule has 172 valence electrons. The molecule has 0 radical (unpaired) electrons. The Morgan fingerprint density at radius 2 is 1.06 bits per heavy atom. The second-order valence-corrected chi connectivity index (χ2v) is 8.37. The molecule has 3 aromatic carbocycles. The van der Waals surface area contributed by atoms with Crippen molar-refractivity contribution in [2.75, 3.05) is 42.8 Å². The lowest BCUT2D eigenvalue weighted by atomic mass is 9.85. The normalized spacial score (nSPS) is 11.4. The van der Waals surface area contributed by atoms with Crippen LogP contribution in [-0.2, 0) is 0 Å². The van der Waals surface area contributed by atoms with Crippen LogP contribution < -0.4 is 15.1 Å². The van der Waals surface area contributed by atoms with Crippen LogP contribution in [0.3, 0.4) is 0 Å². The molecule has 0 fully saturated rings. The first-order chi connectivity index (χ1) is 15.4. The lowest BCUT2D eigenvalue weighted by Gasteiger charge is -2.25. The maximum absolute atomic E-state index is 3.39. The average molecular weight is 432 g/mol. The molecule has 1 unspecified atom stereocenters. The Balaban J connectivity index is 0.00000176. The highest BCUT2D eigenvalue weighted by atomic mass is 15.1. The fraction of sp³-hybridized carbons (Fsp3) is 0.379. The van der Waals surface area contributed by atoms with Gasteiger partial charge < -0.3 is 15.1 Å². The van der Waals surface area contributed by atoms with Crippen molar-refractivity contribution in [1.82, 2.24) is 0 Å². The zero-order chi connectivity index (χ0) is 23.7. The van der Waals surface area contributed by atoms with Crippen molar-refractivity contribution in [2.24, 2.45) is 0 Å². The molecule has 0 heterocycles. The molecular formula is C29H41N3. The summed E-state index contributed by atoms with van der Waals surface area (Å²) in [6.45, 7) is 11.5. The summed E-state index contributed by atoms with van der Waals surface area (Å²) < 4.78 is 0. The summed E-state index contributed by atoms with van der Waals surface area (Å²) in [5.41, 5.74) is 7.55. The second kappa shape index (κ2) is 12.2. The van der Waals surface area contributed by atoms with Crippen molar-refractivity contribution >= 4 is 17.1 Å². The van der Waals surface area contributed by atoms with Gasteiger partial charge in [-0.2, -0.15) is 0 Å². The van der Waals surface area contributed by atoms with E-state index in [2.05, 4.69) is 130 Å². The third-order valence-electron chi connectivity index (χ3n) is 5.78. The van der Waals surface area contributed by atoms with E-state index in [0.717, 1.165) is 12.2 Å². The molecule has 1 atom stereocenters. The second-order valence-electron chi connectivity index (χ2n) is 8.37. The van der Waals surface area contributed by atoms with Crippen molar-refractivity contribution in [1.29, 1.82) is 0 Å². The molecule has 0 spiro atoms. The Kier molecular flexibility index (Phi) is 9.64. The van der Waals surface area contributed by atoms with Crippen molar-refractivity contribution in [3.05, 3.63) is 89.5 Å². The minimum atomic E-state index is 0.204. The van der Waals surface area contributed by atoms with Crippen LogP contribution in [0.5, 0.6) is 0 Å². The number of benzene rings is 3. The minimum absolute atomic E-state index is 0.204. The highest BCUT2D eigenvalue weighted by Gasteiger charge is 2.18. The number of hydrogen-bond donors (Lipinski definition) is 1. The van der Waals surface area contributed by atoms with Crippen LogP contribution in [0.2, 0.25) is 0 Å². The molecule has 0 saturated carbocycles. The molecule has 0 saturated heterocycles. The maximum atomic E-state index is 3.39. The van der Waals surface area contributed by atoms with Gasteiger partial charge in [0.1, 0.15) is 0 Å². The quantitative estimate of drug-likeness (QED) is 0.379. The van der Waals surface area contributed by atoms with Crippen LogP contribution in [-0.4, -0.2) is 33.7 Å². The van der Waals surface area contributed by atoms with Gasteiger partial charge in [0.15, 0.2) is 0 Å². The third kappa shape index (κ3) is 6.29. The molecule has 0 aromatic heterocycles. The predicted molar refractivity (Wildman–Crippen MR) is 144 cm³/mol. The van der Waals surface area contributed by atoms with E-state index in [1.165, 1.54) is 28.1 Å². The number of nitrogens with zero attached hydrogens (tertiary/aromatic N) is 2. The average Bonchev–Trinajstić information content (AvgIpc) is 2.82. The Hall–Kier alpha value is -2.94. The highest BCUT2D eigenvalue weighted by Crippen LogP contribution is 2.34. The molecule has 0 amide bonds.